The minimum atomic E-state index is -3.65. The Hall–Kier alpha value is 0.0300. The molecule has 0 radical (unpaired) electrons. The average Bonchev–Trinajstić information content (AvgIpc) is 2.53. The van der Waals surface area contributed by atoms with Crippen LogP contribution >= 0.6 is 7.82 Å². The molecule has 0 aromatic rings. The summed E-state index contributed by atoms with van der Waals surface area (Å²) in [6.45, 7) is 3.13. The maximum Gasteiger partial charge on any atom is 0.471 e. The largest absolute Gasteiger partial charge is 0.471 e. The molecule has 0 aromatic heterocycles. The fraction of sp³-hybridized carbons (Fsp3) is 1.00. The topological polar surface area (TPSA) is 77.0 Å². The Balaban J connectivity index is 0. The molecule has 0 aliphatic carbocycles. The minimum Gasteiger partial charge on any atom is -0.303 e. The zero-order chi connectivity index (χ0) is 17.1. The van der Waals surface area contributed by atoms with Crippen molar-refractivity contribution < 1.29 is 23.3 Å². The third kappa shape index (κ3) is 22.3. The first-order valence-corrected chi connectivity index (χ1v) is 9.76. The van der Waals surface area contributed by atoms with E-state index in [1.807, 2.05) is 7.05 Å². The van der Waals surface area contributed by atoms with Crippen LogP contribution in [-0.4, -0.2) is 32.8 Å². The van der Waals surface area contributed by atoms with Crippen LogP contribution in [0.15, 0.2) is 0 Å². The first-order valence-electron chi connectivity index (χ1n) is 8.26. The van der Waals surface area contributed by atoms with Crippen LogP contribution in [0.2, 0.25) is 0 Å². The Morgan fingerprint density at radius 1 is 0.864 bits per heavy atom. The van der Waals surface area contributed by atoms with Gasteiger partial charge < -0.3 is 9.73 Å². The first kappa shape index (κ1) is 24.3. The fourth-order valence-electron chi connectivity index (χ4n) is 1.84. The lowest BCUT2D eigenvalue weighted by Crippen LogP contribution is -2.07. The van der Waals surface area contributed by atoms with Crippen LogP contribution in [0.3, 0.4) is 0 Å². The first-order chi connectivity index (χ1) is 10.5. The molecule has 136 valence electrons. The molecule has 0 unspecified atom stereocenters. The highest BCUT2D eigenvalue weighted by atomic mass is 31.2. The predicted octanol–water partition coefficient (Wildman–Crippen LogP) is 4.44. The number of nitrogens with one attached hydrogen (secondary N) is 1. The van der Waals surface area contributed by atoms with Gasteiger partial charge in [-0.25, -0.2) is 10.0 Å². The predicted molar refractivity (Wildman–Crippen MR) is 90.7 cm³/mol. The summed E-state index contributed by atoms with van der Waals surface area (Å²) < 4.78 is 18.0. The van der Waals surface area contributed by atoms with Gasteiger partial charge in [0.15, 0.2) is 0 Å². The smallest absolute Gasteiger partial charge is 0.303 e. The molecule has 0 saturated carbocycles. The molecule has 0 spiro atoms. The number of rotatable bonds is 14. The van der Waals surface area contributed by atoms with E-state index >= 15 is 0 Å². The summed E-state index contributed by atoms with van der Waals surface area (Å²) in [4.78, 5) is 13.3. The van der Waals surface area contributed by atoms with Crippen molar-refractivity contribution in [1.29, 1.82) is 0 Å². The molecule has 7 heteroatoms. The molecule has 0 saturated heterocycles. The number of phosphoric ester groups is 1. The Kier molecular flexibility index (Phi) is 21.1. The van der Waals surface area contributed by atoms with Gasteiger partial charge in [-0.2, -0.15) is 0 Å². The monoisotopic (exact) mass is 341 g/mol. The second-order valence-electron chi connectivity index (χ2n) is 5.07. The summed E-state index contributed by atoms with van der Waals surface area (Å²) in [5.74, 6) is 0. The summed E-state index contributed by atoms with van der Waals surface area (Å²) in [7, 11) is 0.364. The Labute approximate surface area is 136 Å². The molecule has 0 aliphatic rings. The van der Waals surface area contributed by atoms with Crippen LogP contribution in [0.25, 0.3) is 0 Å². The molecule has 0 rings (SSSR count). The van der Waals surface area contributed by atoms with Crippen molar-refractivity contribution in [3.8, 4) is 0 Å². The SMILES string of the molecule is CCCCCCCCCCCCONC.COP(=O)(O)OC. The van der Waals surface area contributed by atoms with Crippen LogP contribution in [0, 0.1) is 0 Å². The van der Waals surface area contributed by atoms with Gasteiger partial charge in [0.1, 0.15) is 0 Å². The van der Waals surface area contributed by atoms with Crippen LogP contribution in [0.5, 0.6) is 0 Å². The number of hydrogen-bond donors (Lipinski definition) is 2. The second kappa shape index (κ2) is 19.1. The summed E-state index contributed by atoms with van der Waals surface area (Å²) >= 11 is 0. The third-order valence-electron chi connectivity index (χ3n) is 3.21. The van der Waals surface area contributed by atoms with E-state index in [9.17, 15) is 4.57 Å². The molecule has 22 heavy (non-hydrogen) atoms. The van der Waals surface area contributed by atoms with Gasteiger partial charge in [-0.3, -0.25) is 9.05 Å². The molecule has 0 bridgehead atoms. The molecule has 0 aliphatic heterocycles. The number of hydrogen-bond acceptors (Lipinski definition) is 5. The van der Waals surface area contributed by atoms with Gasteiger partial charge in [-0.1, -0.05) is 64.7 Å². The van der Waals surface area contributed by atoms with Gasteiger partial charge in [-0.15, -0.1) is 0 Å². The molecule has 0 amide bonds. The van der Waals surface area contributed by atoms with Crippen molar-refractivity contribution in [3.63, 3.8) is 0 Å². The molecule has 0 fully saturated rings. The lowest BCUT2D eigenvalue weighted by Gasteiger charge is -2.02. The zero-order valence-corrected chi connectivity index (χ0v) is 15.7. The molecule has 2 N–H and O–H groups in total. The summed E-state index contributed by atoms with van der Waals surface area (Å²) in [6, 6.07) is 0. The Bertz CT molecular complexity index is 234. The second-order valence-corrected chi connectivity index (χ2v) is 6.74. The Morgan fingerprint density at radius 2 is 1.27 bits per heavy atom. The van der Waals surface area contributed by atoms with Gasteiger partial charge in [-0.05, 0) is 6.42 Å². The minimum absolute atomic E-state index is 0.854. The van der Waals surface area contributed by atoms with Crippen LogP contribution in [0.1, 0.15) is 71.1 Å². The highest BCUT2D eigenvalue weighted by molar-refractivity contribution is 7.47. The van der Waals surface area contributed by atoms with Crippen molar-refractivity contribution >= 4 is 7.82 Å². The van der Waals surface area contributed by atoms with E-state index in [0.29, 0.717) is 0 Å². The van der Waals surface area contributed by atoms with Gasteiger partial charge >= 0.3 is 7.82 Å². The number of hydroxylamine groups is 1. The lowest BCUT2D eigenvalue weighted by atomic mass is 10.1. The van der Waals surface area contributed by atoms with E-state index in [1.54, 1.807) is 0 Å². The molecule has 6 nitrogen and oxygen atoms in total. The van der Waals surface area contributed by atoms with Crippen LogP contribution in [0.4, 0.5) is 0 Å². The van der Waals surface area contributed by atoms with Crippen molar-refractivity contribution in [2.75, 3.05) is 27.9 Å². The van der Waals surface area contributed by atoms with Crippen molar-refractivity contribution in [3.05, 3.63) is 0 Å². The molecular weight excluding hydrogens is 305 g/mol. The summed E-state index contributed by atoms with van der Waals surface area (Å²) in [6.07, 6.45) is 13.8. The van der Waals surface area contributed by atoms with E-state index in [2.05, 4.69) is 21.5 Å². The maximum absolute atomic E-state index is 10.1. The van der Waals surface area contributed by atoms with Crippen molar-refractivity contribution in [2.45, 2.75) is 71.1 Å². The molecule has 0 heterocycles. The highest BCUT2D eigenvalue weighted by Crippen LogP contribution is 2.40. The van der Waals surface area contributed by atoms with Crippen molar-refractivity contribution in [1.82, 2.24) is 5.48 Å². The van der Waals surface area contributed by atoms with Crippen molar-refractivity contribution in [2.24, 2.45) is 0 Å². The van der Waals surface area contributed by atoms with E-state index in [1.165, 1.54) is 64.2 Å². The number of phosphoric acid groups is 1. The normalized spacial score (nSPS) is 11.1. The summed E-state index contributed by atoms with van der Waals surface area (Å²) in [5.41, 5.74) is 2.70. The zero-order valence-electron chi connectivity index (χ0n) is 14.8. The molecular formula is C15H36NO5P. The highest BCUT2D eigenvalue weighted by Gasteiger charge is 2.13. The maximum atomic E-state index is 10.1. The summed E-state index contributed by atoms with van der Waals surface area (Å²) in [5, 5.41) is 0. The van der Waals surface area contributed by atoms with Crippen LogP contribution in [-0.2, 0) is 18.5 Å². The number of unbranched alkanes of at least 4 members (excludes halogenated alkanes) is 9. The van der Waals surface area contributed by atoms with E-state index in [0.717, 1.165) is 20.8 Å². The van der Waals surface area contributed by atoms with E-state index < -0.39 is 7.82 Å². The van der Waals surface area contributed by atoms with E-state index in [4.69, 9.17) is 9.73 Å². The van der Waals surface area contributed by atoms with E-state index in [-0.39, 0.29) is 0 Å². The quantitative estimate of drug-likeness (QED) is 0.276. The van der Waals surface area contributed by atoms with Gasteiger partial charge in [0.05, 0.1) is 6.61 Å². The lowest BCUT2D eigenvalue weighted by molar-refractivity contribution is 0.0550. The van der Waals surface area contributed by atoms with Gasteiger partial charge in [0.2, 0.25) is 0 Å². The fourth-order valence-corrected chi connectivity index (χ4v) is 1.99. The van der Waals surface area contributed by atoms with Gasteiger partial charge in [0, 0.05) is 21.3 Å². The third-order valence-corrected chi connectivity index (χ3v) is 4.13. The molecule has 0 atom stereocenters. The van der Waals surface area contributed by atoms with Crippen LogP contribution < -0.4 is 5.48 Å². The standard InChI is InChI=1S/C13H29NO.C2H7O4P/c1-3-4-5-6-7-8-9-10-11-12-13-15-14-2;1-5-7(3,4)6-2/h14H,3-13H2,1-2H3;1-2H3,(H,3,4). The Morgan fingerprint density at radius 3 is 1.59 bits per heavy atom. The molecule has 0 aromatic carbocycles. The average molecular weight is 341 g/mol. The van der Waals surface area contributed by atoms with Gasteiger partial charge in [0.25, 0.3) is 0 Å².